The van der Waals surface area contributed by atoms with Gasteiger partial charge in [0.25, 0.3) is 0 Å². The van der Waals surface area contributed by atoms with E-state index in [9.17, 15) is 18.0 Å². The number of rotatable bonds is 3. The largest absolute Gasteiger partial charge is 0.418 e. The number of carbonyl (C=O) groups excluding carboxylic acids is 1. The smallest absolute Gasteiger partial charge is 0.325 e. The van der Waals surface area contributed by atoms with E-state index >= 15 is 0 Å². The number of carbonyl (C=O) groups is 1. The van der Waals surface area contributed by atoms with Crippen LogP contribution in [0.5, 0.6) is 0 Å². The summed E-state index contributed by atoms with van der Waals surface area (Å²) in [6.07, 6.45) is -3.60. The van der Waals surface area contributed by atoms with Crippen molar-refractivity contribution in [2.45, 2.75) is 19.0 Å². The highest BCUT2D eigenvalue weighted by Crippen LogP contribution is 2.35. The van der Waals surface area contributed by atoms with Crippen molar-refractivity contribution >= 4 is 11.6 Å². The summed E-state index contributed by atoms with van der Waals surface area (Å²) in [5.74, 6) is -0.295. The van der Waals surface area contributed by atoms with Crippen LogP contribution in [0, 0.1) is 17.2 Å². The Morgan fingerprint density at radius 2 is 2.24 bits per heavy atom. The number of anilines is 1. The van der Waals surface area contributed by atoms with E-state index in [-0.39, 0.29) is 23.6 Å². The predicted octanol–water partition coefficient (Wildman–Crippen LogP) is 2.52. The highest BCUT2D eigenvalue weighted by atomic mass is 19.4. The van der Waals surface area contributed by atoms with E-state index in [2.05, 4.69) is 10.6 Å². The molecule has 0 aromatic heterocycles. The summed E-state index contributed by atoms with van der Waals surface area (Å²) >= 11 is 0. The van der Waals surface area contributed by atoms with Crippen molar-refractivity contribution in [3.8, 4) is 6.07 Å². The first kappa shape index (κ1) is 15.3. The van der Waals surface area contributed by atoms with E-state index in [4.69, 9.17) is 5.26 Å². The Balaban J connectivity index is 2.15. The molecule has 1 aliphatic rings. The normalized spacial score (nSPS) is 18.3. The molecule has 1 fully saturated rings. The van der Waals surface area contributed by atoms with Gasteiger partial charge in [0, 0.05) is 6.42 Å². The second kappa shape index (κ2) is 6.14. The fourth-order valence-electron chi connectivity index (χ4n) is 2.31. The molecule has 0 radical (unpaired) electrons. The van der Waals surface area contributed by atoms with Crippen LogP contribution < -0.4 is 10.6 Å². The van der Waals surface area contributed by atoms with Crippen LogP contribution in [-0.4, -0.2) is 19.0 Å². The summed E-state index contributed by atoms with van der Waals surface area (Å²) in [6.45, 7) is 1.52. The van der Waals surface area contributed by atoms with E-state index in [1.165, 1.54) is 6.07 Å². The van der Waals surface area contributed by atoms with Crippen molar-refractivity contribution in [2.75, 3.05) is 18.4 Å². The van der Waals surface area contributed by atoms with Gasteiger partial charge in [-0.1, -0.05) is 0 Å². The lowest BCUT2D eigenvalue weighted by atomic mass is 10.0. The monoisotopic (exact) mass is 297 g/mol. The third kappa shape index (κ3) is 3.95. The van der Waals surface area contributed by atoms with Crippen LogP contribution in [0.15, 0.2) is 18.2 Å². The number of nitrogens with zero attached hydrogens (tertiary/aromatic N) is 1. The zero-order chi connectivity index (χ0) is 15.5. The minimum atomic E-state index is -4.62. The molecule has 0 spiro atoms. The maximum atomic E-state index is 12.9. The number of hydrogen-bond donors (Lipinski definition) is 2. The summed E-state index contributed by atoms with van der Waals surface area (Å²) < 4.78 is 38.8. The molecule has 2 N–H and O–H groups in total. The molecule has 21 heavy (non-hydrogen) atoms. The maximum Gasteiger partial charge on any atom is 0.418 e. The van der Waals surface area contributed by atoms with Crippen LogP contribution in [0.3, 0.4) is 0 Å². The van der Waals surface area contributed by atoms with E-state index < -0.39 is 17.6 Å². The Morgan fingerprint density at radius 3 is 2.81 bits per heavy atom. The Hall–Kier alpha value is -2.07. The topological polar surface area (TPSA) is 64.9 Å². The number of nitriles is 1. The van der Waals surface area contributed by atoms with Gasteiger partial charge in [-0.25, -0.2) is 0 Å². The lowest BCUT2D eigenvalue weighted by molar-refractivity contribution is -0.137. The summed E-state index contributed by atoms with van der Waals surface area (Å²) in [5.41, 5.74) is -1.41. The second-order valence-corrected chi connectivity index (χ2v) is 4.98. The molecular formula is C14H14F3N3O. The minimum Gasteiger partial charge on any atom is -0.325 e. The number of halogens is 3. The van der Waals surface area contributed by atoms with Gasteiger partial charge in [-0.15, -0.1) is 0 Å². The summed E-state index contributed by atoms with van der Waals surface area (Å²) in [4.78, 5) is 11.8. The standard InChI is InChI=1S/C14H14F3N3O/c15-14(16,17)11-5-9(7-18)1-2-12(11)20-13(21)6-10-3-4-19-8-10/h1-2,5,10,19H,3-4,6,8H2,(H,20,21). The van der Waals surface area contributed by atoms with Gasteiger partial charge in [0.05, 0.1) is 22.9 Å². The zero-order valence-corrected chi connectivity index (χ0v) is 11.1. The van der Waals surface area contributed by atoms with Crippen LogP contribution in [0.1, 0.15) is 24.0 Å². The number of benzene rings is 1. The van der Waals surface area contributed by atoms with E-state index in [1.807, 2.05) is 0 Å². The molecular weight excluding hydrogens is 283 g/mol. The SMILES string of the molecule is N#Cc1ccc(NC(=O)CC2CCNC2)c(C(F)(F)F)c1. The highest BCUT2D eigenvalue weighted by Gasteiger charge is 2.34. The quantitative estimate of drug-likeness (QED) is 0.901. The number of hydrogen-bond acceptors (Lipinski definition) is 3. The molecule has 0 bridgehead atoms. The van der Waals surface area contributed by atoms with Gasteiger partial charge < -0.3 is 10.6 Å². The van der Waals surface area contributed by atoms with Gasteiger partial charge in [0.1, 0.15) is 0 Å². The Kier molecular flexibility index (Phi) is 4.48. The second-order valence-electron chi connectivity index (χ2n) is 4.98. The molecule has 1 aromatic carbocycles. The van der Waals surface area contributed by atoms with Crippen LogP contribution >= 0.6 is 0 Å². The number of nitrogens with one attached hydrogen (secondary N) is 2. The zero-order valence-electron chi connectivity index (χ0n) is 11.1. The van der Waals surface area contributed by atoms with Crippen molar-refractivity contribution in [3.05, 3.63) is 29.3 Å². The molecule has 1 amide bonds. The Labute approximate surface area is 119 Å². The average molecular weight is 297 g/mol. The lowest BCUT2D eigenvalue weighted by Gasteiger charge is -2.15. The fourth-order valence-corrected chi connectivity index (χ4v) is 2.31. The summed E-state index contributed by atoms with van der Waals surface area (Å²) in [5, 5.41) is 14.1. The predicted molar refractivity (Wildman–Crippen MR) is 70.4 cm³/mol. The molecule has 0 aliphatic carbocycles. The third-order valence-electron chi connectivity index (χ3n) is 3.36. The first-order chi connectivity index (χ1) is 9.90. The summed E-state index contributed by atoms with van der Waals surface area (Å²) in [6, 6.07) is 4.77. The van der Waals surface area contributed by atoms with E-state index in [1.54, 1.807) is 6.07 Å². The van der Waals surface area contributed by atoms with Gasteiger partial charge in [-0.2, -0.15) is 18.4 Å². The van der Waals surface area contributed by atoms with Crippen LogP contribution in [0.4, 0.5) is 18.9 Å². The summed E-state index contributed by atoms with van der Waals surface area (Å²) in [7, 11) is 0. The van der Waals surface area contributed by atoms with Gasteiger partial charge >= 0.3 is 6.18 Å². The first-order valence-electron chi connectivity index (χ1n) is 6.52. The van der Waals surface area contributed by atoms with Crippen molar-refractivity contribution < 1.29 is 18.0 Å². The third-order valence-corrected chi connectivity index (χ3v) is 3.36. The minimum absolute atomic E-state index is 0.0969. The van der Waals surface area contributed by atoms with Crippen molar-refractivity contribution in [1.82, 2.24) is 5.32 Å². The van der Waals surface area contributed by atoms with E-state index in [0.717, 1.165) is 25.1 Å². The van der Waals surface area contributed by atoms with Crippen LogP contribution in [0.2, 0.25) is 0 Å². The van der Waals surface area contributed by atoms with Gasteiger partial charge in [-0.05, 0) is 43.6 Å². The fraction of sp³-hybridized carbons (Fsp3) is 0.429. The molecule has 112 valence electrons. The number of amides is 1. The van der Waals surface area contributed by atoms with Gasteiger partial charge in [0.2, 0.25) is 5.91 Å². The van der Waals surface area contributed by atoms with Gasteiger partial charge in [-0.3, -0.25) is 4.79 Å². The number of alkyl halides is 3. The van der Waals surface area contributed by atoms with Gasteiger partial charge in [0.15, 0.2) is 0 Å². The molecule has 7 heteroatoms. The molecule has 4 nitrogen and oxygen atoms in total. The van der Waals surface area contributed by atoms with Crippen molar-refractivity contribution in [1.29, 1.82) is 5.26 Å². The Bertz CT molecular complexity index is 572. The highest BCUT2D eigenvalue weighted by molar-refractivity contribution is 5.92. The molecule has 0 saturated carbocycles. The molecule has 2 rings (SSSR count). The lowest BCUT2D eigenvalue weighted by Crippen LogP contribution is -2.20. The first-order valence-corrected chi connectivity index (χ1v) is 6.52. The van der Waals surface area contributed by atoms with Crippen molar-refractivity contribution in [3.63, 3.8) is 0 Å². The molecule has 1 heterocycles. The van der Waals surface area contributed by atoms with Crippen LogP contribution in [0.25, 0.3) is 0 Å². The average Bonchev–Trinajstić information content (AvgIpc) is 2.90. The molecule has 1 atom stereocenters. The maximum absolute atomic E-state index is 12.9. The molecule has 1 aliphatic heterocycles. The van der Waals surface area contributed by atoms with Crippen LogP contribution in [-0.2, 0) is 11.0 Å². The Morgan fingerprint density at radius 1 is 1.48 bits per heavy atom. The van der Waals surface area contributed by atoms with Crippen molar-refractivity contribution in [2.24, 2.45) is 5.92 Å². The molecule has 1 unspecified atom stereocenters. The molecule has 1 saturated heterocycles. The van der Waals surface area contributed by atoms with E-state index in [0.29, 0.717) is 6.54 Å². The molecule has 1 aromatic rings.